The number of nitro groups is 1. The van der Waals surface area contributed by atoms with Gasteiger partial charge in [0, 0.05) is 19.2 Å². The van der Waals surface area contributed by atoms with E-state index < -0.39 is 14.8 Å². The van der Waals surface area contributed by atoms with Crippen LogP contribution in [0.2, 0.25) is 0 Å². The van der Waals surface area contributed by atoms with Crippen molar-refractivity contribution in [2.24, 2.45) is 0 Å². The quantitative estimate of drug-likeness (QED) is 0.585. The maximum absolute atomic E-state index is 11.3. The van der Waals surface area contributed by atoms with E-state index in [1.807, 2.05) is 0 Å². The highest BCUT2D eigenvalue weighted by atomic mass is 32.2. The zero-order chi connectivity index (χ0) is 13.3. The number of nitrogen functional groups attached to an aromatic ring is 1. The Morgan fingerprint density at radius 2 is 1.94 bits per heavy atom. The van der Waals surface area contributed by atoms with Gasteiger partial charge in [0.05, 0.1) is 16.4 Å². The van der Waals surface area contributed by atoms with Gasteiger partial charge in [0.25, 0.3) is 0 Å². The lowest BCUT2D eigenvalue weighted by Gasteiger charge is -2.27. The Balaban J connectivity index is 2.33. The molecule has 0 spiro atoms. The third kappa shape index (κ3) is 2.50. The number of anilines is 2. The van der Waals surface area contributed by atoms with E-state index in [1.54, 1.807) is 4.90 Å². The molecule has 1 fully saturated rings. The molecule has 1 aromatic heterocycles. The van der Waals surface area contributed by atoms with Gasteiger partial charge < -0.3 is 10.6 Å². The van der Waals surface area contributed by atoms with Crippen molar-refractivity contribution in [1.29, 1.82) is 0 Å². The Bertz CT molecular complexity index is 572. The van der Waals surface area contributed by atoms with Gasteiger partial charge in [-0.3, -0.25) is 10.1 Å². The summed E-state index contributed by atoms with van der Waals surface area (Å²) < 4.78 is 22.6. The minimum atomic E-state index is -3.04. The second-order valence-electron chi connectivity index (χ2n) is 3.97. The topological polar surface area (TPSA) is 119 Å². The lowest BCUT2D eigenvalue weighted by molar-refractivity contribution is -0.384. The van der Waals surface area contributed by atoms with Crippen LogP contribution in [-0.4, -0.2) is 42.9 Å². The fraction of sp³-hybridized carbons (Fsp3) is 0.444. The molecule has 0 amide bonds. The van der Waals surface area contributed by atoms with Crippen molar-refractivity contribution >= 4 is 27.2 Å². The van der Waals surface area contributed by atoms with Gasteiger partial charge in [-0.1, -0.05) is 0 Å². The van der Waals surface area contributed by atoms with Crippen LogP contribution in [0.4, 0.5) is 17.3 Å². The van der Waals surface area contributed by atoms with Crippen LogP contribution in [0, 0.1) is 10.1 Å². The smallest absolute Gasteiger partial charge is 0.311 e. The molecule has 0 bridgehead atoms. The fourth-order valence-corrected chi connectivity index (χ4v) is 2.96. The summed E-state index contributed by atoms with van der Waals surface area (Å²) in [5.74, 6) is 0.250. The standard InChI is InChI=1S/C9H12N4O4S/c10-8-2-1-7(13(14)15)9(11-8)12-3-5-18(16,17)6-4-12/h1-2H,3-6H2,(H2,10,11). The molecule has 18 heavy (non-hydrogen) atoms. The van der Waals surface area contributed by atoms with E-state index in [-0.39, 0.29) is 41.9 Å². The Morgan fingerprint density at radius 3 is 2.50 bits per heavy atom. The highest BCUT2D eigenvalue weighted by Crippen LogP contribution is 2.27. The molecule has 0 radical (unpaired) electrons. The van der Waals surface area contributed by atoms with Crippen LogP contribution in [0.1, 0.15) is 0 Å². The number of nitrogens with zero attached hydrogens (tertiary/aromatic N) is 3. The van der Waals surface area contributed by atoms with Crippen LogP contribution < -0.4 is 10.6 Å². The van der Waals surface area contributed by atoms with E-state index in [2.05, 4.69) is 4.98 Å². The molecule has 1 aromatic rings. The molecule has 0 aliphatic carbocycles. The average Bonchev–Trinajstić information content (AvgIpc) is 2.28. The second kappa shape index (κ2) is 4.41. The van der Waals surface area contributed by atoms with Crippen molar-refractivity contribution < 1.29 is 13.3 Å². The van der Waals surface area contributed by atoms with Gasteiger partial charge in [-0.25, -0.2) is 13.4 Å². The molecular weight excluding hydrogens is 260 g/mol. The zero-order valence-electron chi connectivity index (χ0n) is 9.44. The number of rotatable bonds is 2. The number of hydrogen-bond donors (Lipinski definition) is 1. The summed E-state index contributed by atoms with van der Waals surface area (Å²) in [5.41, 5.74) is 5.35. The zero-order valence-corrected chi connectivity index (χ0v) is 10.3. The van der Waals surface area contributed by atoms with E-state index >= 15 is 0 Å². The van der Waals surface area contributed by atoms with Crippen LogP contribution in [0.15, 0.2) is 12.1 Å². The van der Waals surface area contributed by atoms with E-state index in [1.165, 1.54) is 12.1 Å². The molecule has 0 atom stereocenters. The Labute approximate surface area is 103 Å². The van der Waals surface area contributed by atoms with E-state index in [0.29, 0.717) is 0 Å². The fourth-order valence-electron chi connectivity index (χ4n) is 1.76. The van der Waals surface area contributed by atoms with Gasteiger partial charge in [-0.05, 0) is 6.07 Å². The normalized spacial score (nSPS) is 18.6. The highest BCUT2D eigenvalue weighted by Gasteiger charge is 2.27. The minimum absolute atomic E-state index is 0.0271. The maximum atomic E-state index is 11.3. The predicted molar refractivity (Wildman–Crippen MR) is 66.2 cm³/mol. The van der Waals surface area contributed by atoms with Crippen LogP contribution in [0.25, 0.3) is 0 Å². The van der Waals surface area contributed by atoms with Crippen molar-refractivity contribution in [1.82, 2.24) is 4.98 Å². The molecule has 0 aromatic carbocycles. The molecule has 2 heterocycles. The van der Waals surface area contributed by atoms with Crippen molar-refractivity contribution in [3.63, 3.8) is 0 Å². The summed E-state index contributed by atoms with van der Waals surface area (Å²) in [7, 11) is -3.04. The number of sulfone groups is 1. The van der Waals surface area contributed by atoms with Crippen molar-refractivity contribution in [2.45, 2.75) is 0 Å². The Morgan fingerprint density at radius 1 is 1.33 bits per heavy atom. The van der Waals surface area contributed by atoms with Gasteiger partial charge in [0.1, 0.15) is 5.82 Å². The summed E-state index contributed by atoms with van der Waals surface area (Å²) in [6, 6.07) is 2.63. The van der Waals surface area contributed by atoms with E-state index in [0.717, 1.165) is 0 Å². The van der Waals surface area contributed by atoms with Gasteiger partial charge >= 0.3 is 5.69 Å². The van der Waals surface area contributed by atoms with Crippen LogP contribution in [0.3, 0.4) is 0 Å². The number of hydrogen-bond acceptors (Lipinski definition) is 7. The molecule has 98 valence electrons. The molecule has 2 N–H and O–H groups in total. The van der Waals surface area contributed by atoms with Crippen molar-refractivity contribution in [3.8, 4) is 0 Å². The van der Waals surface area contributed by atoms with Crippen LogP contribution in [-0.2, 0) is 9.84 Å². The first-order chi connectivity index (χ1) is 8.39. The first kappa shape index (κ1) is 12.6. The monoisotopic (exact) mass is 272 g/mol. The summed E-state index contributed by atoms with van der Waals surface area (Å²) in [4.78, 5) is 15.8. The number of nitrogens with two attached hydrogens (primary N) is 1. The summed E-state index contributed by atoms with van der Waals surface area (Å²) >= 11 is 0. The van der Waals surface area contributed by atoms with Gasteiger partial charge in [0.2, 0.25) is 5.82 Å². The first-order valence-electron chi connectivity index (χ1n) is 5.25. The first-order valence-corrected chi connectivity index (χ1v) is 7.07. The molecule has 8 nitrogen and oxygen atoms in total. The second-order valence-corrected chi connectivity index (χ2v) is 6.28. The molecule has 1 saturated heterocycles. The SMILES string of the molecule is Nc1ccc([N+](=O)[O-])c(N2CCS(=O)(=O)CC2)n1. The summed E-state index contributed by atoms with van der Waals surface area (Å²) in [6.45, 7) is 0.388. The molecule has 0 saturated carbocycles. The third-order valence-electron chi connectivity index (χ3n) is 2.72. The minimum Gasteiger partial charge on any atom is -0.384 e. The molecule has 1 aliphatic rings. The van der Waals surface area contributed by atoms with Crippen molar-refractivity contribution in [2.75, 3.05) is 35.2 Å². The lowest BCUT2D eigenvalue weighted by atomic mass is 10.3. The molecule has 9 heteroatoms. The Kier molecular flexibility index (Phi) is 3.07. The van der Waals surface area contributed by atoms with Gasteiger partial charge in [-0.15, -0.1) is 0 Å². The van der Waals surface area contributed by atoms with Gasteiger partial charge in [0.15, 0.2) is 9.84 Å². The average molecular weight is 272 g/mol. The summed E-state index contributed by atoms with van der Waals surface area (Å²) in [6.07, 6.45) is 0. The number of pyridine rings is 1. The molecule has 1 aliphatic heterocycles. The molecule has 2 rings (SSSR count). The predicted octanol–water partition coefficient (Wildman–Crippen LogP) is -0.193. The van der Waals surface area contributed by atoms with Crippen LogP contribution >= 0.6 is 0 Å². The van der Waals surface area contributed by atoms with Gasteiger partial charge in [-0.2, -0.15) is 0 Å². The van der Waals surface area contributed by atoms with E-state index in [9.17, 15) is 18.5 Å². The highest BCUT2D eigenvalue weighted by molar-refractivity contribution is 7.91. The van der Waals surface area contributed by atoms with Crippen LogP contribution in [0.5, 0.6) is 0 Å². The molecule has 0 unspecified atom stereocenters. The number of aromatic nitrogens is 1. The maximum Gasteiger partial charge on any atom is 0.311 e. The lowest BCUT2D eigenvalue weighted by Crippen LogP contribution is -2.41. The molecular formula is C9H12N4O4S. The largest absolute Gasteiger partial charge is 0.384 e. The van der Waals surface area contributed by atoms with E-state index in [4.69, 9.17) is 5.73 Å². The third-order valence-corrected chi connectivity index (χ3v) is 4.33. The van der Waals surface area contributed by atoms with Crippen molar-refractivity contribution in [3.05, 3.63) is 22.2 Å². The summed E-state index contributed by atoms with van der Waals surface area (Å²) in [5, 5.41) is 10.9. The Hall–Kier alpha value is -1.90.